The molecule has 1 rings (SSSR count). The first-order chi connectivity index (χ1) is 7.52. The van der Waals surface area contributed by atoms with Crippen molar-refractivity contribution in [2.24, 2.45) is 0 Å². The maximum absolute atomic E-state index is 10.3. The van der Waals surface area contributed by atoms with Gasteiger partial charge in [-0.1, -0.05) is 6.08 Å². The van der Waals surface area contributed by atoms with Crippen molar-refractivity contribution in [2.45, 2.75) is 6.92 Å². The minimum absolute atomic E-state index is 0.0833. The van der Waals surface area contributed by atoms with Gasteiger partial charge in [-0.15, -0.1) is 0 Å². The number of hydrogen-bond acceptors (Lipinski definition) is 3. The van der Waals surface area contributed by atoms with Crippen LogP contribution in [0.15, 0.2) is 36.6 Å². The van der Waals surface area contributed by atoms with Gasteiger partial charge in [0.1, 0.15) is 0 Å². The van der Waals surface area contributed by atoms with Crippen LogP contribution in [0.5, 0.6) is 0 Å². The maximum atomic E-state index is 10.3. The highest BCUT2D eigenvalue weighted by atomic mass is 16.4. The summed E-state index contributed by atoms with van der Waals surface area (Å²) < 4.78 is 0. The van der Waals surface area contributed by atoms with Crippen LogP contribution >= 0.6 is 0 Å². The van der Waals surface area contributed by atoms with Crippen molar-refractivity contribution in [1.29, 1.82) is 0 Å². The number of carboxylic acid groups (broad SMARTS) is 2. The zero-order valence-electron chi connectivity index (χ0n) is 8.62. The molecule has 0 heterocycles. The topological polar surface area (TPSA) is 94.8 Å². The van der Waals surface area contributed by atoms with Gasteiger partial charge in [-0.25, -0.2) is 9.59 Å². The van der Waals surface area contributed by atoms with E-state index in [2.05, 4.69) is 0 Å². The molecule has 1 aromatic rings. The maximum Gasteiger partial charge on any atom is 0.335 e. The molecule has 3 N–H and O–H groups in total. The van der Waals surface area contributed by atoms with Crippen LogP contribution in [0.3, 0.4) is 0 Å². The van der Waals surface area contributed by atoms with Crippen molar-refractivity contribution < 1.29 is 24.9 Å². The van der Waals surface area contributed by atoms with Crippen molar-refractivity contribution in [3.63, 3.8) is 0 Å². The van der Waals surface area contributed by atoms with Crippen LogP contribution < -0.4 is 0 Å². The predicted molar refractivity (Wildman–Crippen MR) is 57.8 cm³/mol. The van der Waals surface area contributed by atoms with Gasteiger partial charge >= 0.3 is 11.9 Å². The van der Waals surface area contributed by atoms with E-state index in [1.165, 1.54) is 24.3 Å². The number of rotatable bonds is 2. The largest absolute Gasteiger partial charge is 0.516 e. The number of aromatic carboxylic acids is 2. The van der Waals surface area contributed by atoms with E-state index in [9.17, 15) is 9.59 Å². The Kier molecular flexibility index (Phi) is 6.04. The molecule has 0 bridgehead atoms. The summed E-state index contributed by atoms with van der Waals surface area (Å²) in [7, 11) is 0. The fraction of sp³-hybridized carbons (Fsp3) is 0.0909. The third-order valence-corrected chi connectivity index (χ3v) is 1.53. The summed E-state index contributed by atoms with van der Waals surface area (Å²) >= 11 is 0. The van der Waals surface area contributed by atoms with Gasteiger partial charge in [-0.3, -0.25) is 0 Å². The lowest BCUT2D eigenvalue weighted by atomic mass is 10.1. The predicted octanol–water partition coefficient (Wildman–Crippen LogP) is 2.16. The number of aliphatic hydroxyl groups is 1. The average molecular weight is 224 g/mol. The Labute approximate surface area is 92.3 Å². The molecular weight excluding hydrogens is 212 g/mol. The average Bonchev–Trinajstić information content (AvgIpc) is 2.29. The number of allylic oxidation sites excluding steroid dienone is 1. The highest BCUT2D eigenvalue weighted by Gasteiger charge is 2.04. The molecule has 1 aromatic carbocycles. The molecule has 0 aliphatic heterocycles. The van der Waals surface area contributed by atoms with Gasteiger partial charge in [0, 0.05) is 0 Å². The van der Waals surface area contributed by atoms with Crippen LogP contribution in [0, 0.1) is 0 Å². The highest BCUT2D eigenvalue weighted by molar-refractivity contribution is 5.91. The Bertz CT molecular complexity index is 341. The summed E-state index contributed by atoms with van der Waals surface area (Å²) in [6.07, 6.45) is 2.56. The Morgan fingerprint density at radius 3 is 1.38 bits per heavy atom. The van der Waals surface area contributed by atoms with Crippen LogP contribution in [0.4, 0.5) is 0 Å². The van der Waals surface area contributed by atoms with Gasteiger partial charge in [0.15, 0.2) is 0 Å². The molecule has 0 saturated carbocycles. The molecule has 16 heavy (non-hydrogen) atoms. The molecule has 0 aliphatic rings. The van der Waals surface area contributed by atoms with Crippen molar-refractivity contribution in [1.82, 2.24) is 0 Å². The summed E-state index contributed by atoms with van der Waals surface area (Å²) in [6.45, 7) is 1.75. The second kappa shape index (κ2) is 7.05. The molecule has 0 amide bonds. The van der Waals surface area contributed by atoms with Crippen LogP contribution in [0.25, 0.3) is 0 Å². The zero-order valence-corrected chi connectivity index (χ0v) is 8.62. The van der Waals surface area contributed by atoms with E-state index in [1.54, 1.807) is 13.0 Å². The normalized spacial score (nSPS) is 9.31. The lowest BCUT2D eigenvalue weighted by Crippen LogP contribution is -1.99. The fourth-order valence-corrected chi connectivity index (χ4v) is 0.755. The molecule has 0 saturated heterocycles. The van der Waals surface area contributed by atoms with Gasteiger partial charge in [-0.2, -0.15) is 0 Å². The van der Waals surface area contributed by atoms with Gasteiger partial charge in [0.25, 0.3) is 0 Å². The van der Waals surface area contributed by atoms with E-state index >= 15 is 0 Å². The van der Waals surface area contributed by atoms with E-state index in [0.29, 0.717) is 0 Å². The summed E-state index contributed by atoms with van der Waals surface area (Å²) in [4.78, 5) is 20.7. The minimum Gasteiger partial charge on any atom is -0.516 e. The Hall–Kier alpha value is -2.30. The molecule has 0 spiro atoms. The van der Waals surface area contributed by atoms with E-state index in [-0.39, 0.29) is 11.1 Å². The third kappa shape index (κ3) is 4.80. The van der Waals surface area contributed by atoms with Crippen LogP contribution in [-0.4, -0.2) is 27.3 Å². The standard InChI is InChI=1S/C8H6O4.C3H6O/c9-7(10)5-1-2-6(4-3-5)8(11)12;1-2-3-4/h1-4H,(H,9,10)(H,11,12);2-4H,1H3. The number of aliphatic hydroxyl groups excluding tert-OH is 1. The molecule has 0 aliphatic carbocycles. The van der Waals surface area contributed by atoms with E-state index < -0.39 is 11.9 Å². The van der Waals surface area contributed by atoms with Gasteiger partial charge < -0.3 is 15.3 Å². The Morgan fingerprint density at radius 2 is 1.25 bits per heavy atom. The van der Waals surface area contributed by atoms with E-state index in [0.717, 1.165) is 6.26 Å². The summed E-state index contributed by atoms with van der Waals surface area (Å²) in [5, 5.41) is 24.6. The Balaban J connectivity index is 0.000000487. The first kappa shape index (κ1) is 13.7. The SMILES string of the molecule is CC=CO.O=C(O)c1ccc(C(=O)O)cc1. The first-order valence-electron chi connectivity index (χ1n) is 4.35. The van der Waals surface area contributed by atoms with Crippen LogP contribution in [0.2, 0.25) is 0 Å². The summed E-state index contributed by atoms with van der Waals surface area (Å²) in [5.41, 5.74) is 0.167. The molecule has 5 nitrogen and oxygen atoms in total. The van der Waals surface area contributed by atoms with Crippen LogP contribution in [-0.2, 0) is 0 Å². The van der Waals surface area contributed by atoms with Crippen molar-refractivity contribution >= 4 is 11.9 Å². The molecule has 0 unspecified atom stereocenters. The number of carboxylic acids is 2. The molecule has 0 radical (unpaired) electrons. The van der Waals surface area contributed by atoms with Gasteiger partial charge in [0.05, 0.1) is 17.4 Å². The van der Waals surface area contributed by atoms with Crippen molar-refractivity contribution in [3.8, 4) is 0 Å². The smallest absolute Gasteiger partial charge is 0.335 e. The summed E-state index contributed by atoms with van der Waals surface area (Å²) in [5.74, 6) is -2.13. The monoisotopic (exact) mass is 224 g/mol. The number of benzene rings is 1. The van der Waals surface area contributed by atoms with Crippen LogP contribution in [0.1, 0.15) is 27.6 Å². The molecule has 5 heteroatoms. The van der Waals surface area contributed by atoms with Gasteiger partial charge in [-0.05, 0) is 31.2 Å². The second-order valence-corrected chi connectivity index (χ2v) is 2.67. The number of hydrogen-bond donors (Lipinski definition) is 3. The molecule has 86 valence electrons. The fourth-order valence-electron chi connectivity index (χ4n) is 0.755. The molecular formula is C11H12O5. The minimum atomic E-state index is -1.06. The van der Waals surface area contributed by atoms with Crippen molar-refractivity contribution in [3.05, 3.63) is 47.7 Å². The molecule has 0 atom stereocenters. The third-order valence-electron chi connectivity index (χ3n) is 1.53. The second-order valence-electron chi connectivity index (χ2n) is 2.67. The first-order valence-corrected chi connectivity index (χ1v) is 4.35. The Morgan fingerprint density at radius 1 is 1.00 bits per heavy atom. The number of carbonyl (C=O) groups is 2. The highest BCUT2D eigenvalue weighted by Crippen LogP contribution is 2.03. The summed E-state index contributed by atoms with van der Waals surface area (Å²) in [6, 6.07) is 5.02. The van der Waals surface area contributed by atoms with E-state index in [4.69, 9.17) is 15.3 Å². The lowest BCUT2D eigenvalue weighted by Gasteiger charge is -1.94. The molecule has 0 fully saturated rings. The zero-order chi connectivity index (χ0) is 12.6. The molecule has 0 aromatic heterocycles. The van der Waals surface area contributed by atoms with E-state index in [1.807, 2.05) is 0 Å². The lowest BCUT2D eigenvalue weighted by molar-refractivity contribution is 0.0681. The van der Waals surface area contributed by atoms with Crippen molar-refractivity contribution in [2.75, 3.05) is 0 Å². The quantitative estimate of drug-likeness (QED) is 0.669. The van der Waals surface area contributed by atoms with Gasteiger partial charge in [0.2, 0.25) is 0 Å².